The number of ether oxygens (including phenoxy) is 2. The van der Waals surface area contributed by atoms with Gasteiger partial charge in [-0.25, -0.2) is 9.59 Å². The van der Waals surface area contributed by atoms with Gasteiger partial charge in [-0.2, -0.15) is 0 Å². The van der Waals surface area contributed by atoms with Gasteiger partial charge in [0.25, 0.3) is 5.60 Å². The number of nitrogens with zero attached hydrogens (tertiary/aromatic N) is 1. The number of hydrogen-bond donors (Lipinski definition) is 1. The third kappa shape index (κ3) is 3.52. The van der Waals surface area contributed by atoms with Crippen molar-refractivity contribution in [3.8, 4) is 0 Å². The Morgan fingerprint density at radius 1 is 1.05 bits per heavy atom. The molecule has 1 aromatic rings. The first-order valence-electron chi connectivity index (χ1n) is 6.72. The van der Waals surface area contributed by atoms with E-state index in [0.29, 0.717) is 0 Å². The average Bonchev–Trinajstić information content (AvgIpc) is 2.46. The smallest absolute Gasteiger partial charge is 0.354 e. The fourth-order valence-corrected chi connectivity index (χ4v) is 1.79. The summed E-state index contributed by atoms with van der Waals surface area (Å²) in [6.07, 6.45) is 0. The summed E-state index contributed by atoms with van der Waals surface area (Å²) in [6, 6.07) is 6.39. The van der Waals surface area contributed by atoms with Crippen LogP contribution in [0, 0.1) is 0 Å². The molecule has 6 nitrogen and oxygen atoms in total. The third-order valence-electron chi connectivity index (χ3n) is 2.94. The fourth-order valence-electron chi connectivity index (χ4n) is 1.79. The van der Waals surface area contributed by atoms with Crippen molar-refractivity contribution in [3.63, 3.8) is 0 Å². The molecular formula is C15H21NO5. The summed E-state index contributed by atoms with van der Waals surface area (Å²) in [5.41, 5.74) is -1.46. The van der Waals surface area contributed by atoms with Crippen LogP contribution in [0.3, 0.4) is 0 Å². The molecule has 21 heavy (non-hydrogen) atoms. The lowest BCUT2D eigenvalue weighted by molar-refractivity contribution is -0.184. The van der Waals surface area contributed by atoms with E-state index >= 15 is 0 Å². The minimum Gasteiger partial charge on any atom is -0.463 e. The van der Waals surface area contributed by atoms with Gasteiger partial charge in [-0.3, -0.25) is 0 Å². The van der Waals surface area contributed by atoms with Gasteiger partial charge in [-0.05, 0) is 26.0 Å². The number of aliphatic hydroxyl groups is 1. The molecule has 0 unspecified atom stereocenters. The van der Waals surface area contributed by atoms with Gasteiger partial charge >= 0.3 is 11.9 Å². The second-order valence-corrected chi connectivity index (χ2v) is 4.59. The van der Waals surface area contributed by atoms with Crippen LogP contribution in [-0.2, 0) is 24.7 Å². The predicted octanol–water partition coefficient (Wildman–Crippen LogP) is 1.07. The summed E-state index contributed by atoms with van der Waals surface area (Å²) in [4.78, 5) is 25.9. The van der Waals surface area contributed by atoms with Gasteiger partial charge in [0.05, 0.1) is 13.2 Å². The zero-order chi connectivity index (χ0) is 16.0. The molecule has 116 valence electrons. The molecule has 6 heteroatoms. The van der Waals surface area contributed by atoms with Crippen LogP contribution in [0.25, 0.3) is 0 Å². The van der Waals surface area contributed by atoms with E-state index in [0.717, 1.165) is 5.69 Å². The number of benzene rings is 1. The van der Waals surface area contributed by atoms with E-state index in [4.69, 9.17) is 9.47 Å². The first-order valence-corrected chi connectivity index (χ1v) is 6.72. The van der Waals surface area contributed by atoms with Gasteiger partial charge in [-0.15, -0.1) is 0 Å². The lowest BCUT2D eigenvalue weighted by atomic mass is 9.93. The van der Waals surface area contributed by atoms with E-state index in [-0.39, 0.29) is 18.8 Å². The van der Waals surface area contributed by atoms with E-state index in [9.17, 15) is 14.7 Å². The summed E-state index contributed by atoms with van der Waals surface area (Å²) in [6.45, 7) is 3.30. The van der Waals surface area contributed by atoms with Crippen LogP contribution in [0.2, 0.25) is 0 Å². The average molecular weight is 295 g/mol. The summed E-state index contributed by atoms with van der Waals surface area (Å²) in [5, 5.41) is 10.5. The SMILES string of the molecule is CCOC(=O)C(O)(C(=O)OCC)c1ccc(N(C)C)cc1. The number of rotatable bonds is 6. The molecule has 0 saturated heterocycles. The van der Waals surface area contributed by atoms with E-state index in [1.807, 2.05) is 19.0 Å². The number of carbonyl (C=O) groups excluding carboxylic acids is 2. The van der Waals surface area contributed by atoms with Gasteiger partial charge in [-0.1, -0.05) is 12.1 Å². The van der Waals surface area contributed by atoms with Gasteiger partial charge in [0.15, 0.2) is 0 Å². The van der Waals surface area contributed by atoms with E-state index in [1.54, 1.807) is 26.0 Å². The summed E-state index contributed by atoms with van der Waals surface area (Å²) < 4.78 is 9.61. The van der Waals surface area contributed by atoms with Crippen molar-refractivity contribution in [3.05, 3.63) is 29.8 Å². The quantitative estimate of drug-likeness (QED) is 0.625. The van der Waals surface area contributed by atoms with Crippen LogP contribution in [0.5, 0.6) is 0 Å². The zero-order valence-electron chi connectivity index (χ0n) is 12.8. The predicted molar refractivity (Wildman–Crippen MR) is 77.9 cm³/mol. The van der Waals surface area contributed by atoms with Crippen LogP contribution in [0.1, 0.15) is 19.4 Å². The van der Waals surface area contributed by atoms with E-state index < -0.39 is 17.5 Å². The normalized spacial score (nSPS) is 10.9. The third-order valence-corrected chi connectivity index (χ3v) is 2.94. The molecule has 0 heterocycles. The molecular weight excluding hydrogens is 274 g/mol. The maximum atomic E-state index is 12.0. The Bertz CT molecular complexity index is 477. The van der Waals surface area contributed by atoms with Gasteiger partial charge < -0.3 is 19.5 Å². The summed E-state index contributed by atoms with van der Waals surface area (Å²) in [5.74, 6) is -2.08. The van der Waals surface area contributed by atoms with Crippen LogP contribution in [0.4, 0.5) is 5.69 Å². The highest BCUT2D eigenvalue weighted by molar-refractivity contribution is 6.04. The highest BCUT2D eigenvalue weighted by atomic mass is 16.6. The van der Waals surface area contributed by atoms with Gasteiger partial charge in [0, 0.05) is 25.3 Å². The van der Waals surface area contributed by atoms with Gasteiger partial charge in [0.1, 0.15) is 0 Å². The molecule has 0 bridgehead atoms. The molecule has 1 N–H and O–H groups in total. The van der Waals surface area contributed by atoms with E-state index in [2.05, 4.69) is 0 Å². The minimum absolute atomic E-state index is 0.0519. The Morgan fingerprint density at radius 2 is 1.48 bits per heavy atom. The van der Waals surface area contributed by atoms with E-state index in [1.165, 1.54) is 12.1 Å². The summed E-state index contributed by atoms with van der Waals surface area (Å²) >= 11 is 0. The minimum atomic E-state index is -2.45. The fraction of sp³-hybridized carbons (Fsp3) is 0.467. The molecule has 0 spiro atoms. The highest BCUT2D eigenvalue weighted by Gasteiger charge is 2.49. The molecule has 0 aromatic heterocycles. The molecule has 0 amide bonds. The standard InChI is InChI=1S/C15H21NO5/c1-5-20-13(17)15(19,14(18)21-6-2)11-7-9-12(10-8-11)16(3)4/h7-10,19H,5-6H2,1-4H3. The molecule has 0 aliphatic carbocycles. The van der Waals surface area contributed by atoms with Crippen LogP contribution in [0.15, 0.2) is 24.3 Å². The molecule has 0 fully saturated rings. The zero-order valence-corrected chi connectivity index (χ0v) is 12.8. The summed E-state index contributed by atoms with van der Waals surface area (Å²) in [7, 11) is 3.72. The Balaban J connectivity index is 3.23. The Morgan fingerprint density at radius 3 is 1.81 bits per heavy atom. The molecule has 1 rings (SSSR count). The second-order valence-electron chi connectivity index (χ2n) is 4.59. The molecule has 1 aromatic carbocycles. The number of esters is 2. The first-order chi connectivity index (χ1) is 9.87. The second kappa shape index (κ2) is 7.08. The molecule has 0 radical (unpaired) electrons. The molecule has 0 aliphatic rings. The molecule has 0 atom stereocenters. The Labute approximate surface area is 124 Å². The van der Waals surface area contributed by atoms with Crippen molar-refractivity contribution < 1.29 is 24.2 Å². The Kier molecular flexibility index (Phi) is 5.72. The lowest BCUT2D eigenvalue weighted by Crippen LogP contribution is -2.46. The largest absolute Gasteiger partial charge is 0.463 e. The lowest BCUT2D eigenvalue weighted by Gasteiger charge is -2.24. The maximum Gasteiger partial charge on any atom is 0.354 e. The van der Waals surface area contributed by atoms with Crippen LogP contribution in [-0.4, -0.2) is 44.4 Å². The topological polar surface area (TPSA) is 76.1 Å². The molecule has 0 aliphatic heterocycles. The highest BCUT2D eigenvalue weighted by Crippen LogP contribution is 2.27. The number of anilines is 1. The van der Waals surface area contributed by atoms with Crippen molar-refractivity contribution >= 4 is 17.6 Å². The van der Waals surface area contributed by atoms with Crippen LogP contribution < -0.4 is 4.90 Å². The number of hydrogen-bond acceptors (Lipinski definition) is 6. The van der Waals surface area contributed by atoms with Crippen molar-refractivity contribution in [1.82, 2.24) is 0 Å². The van der Waals surface area contributed by atoms with Crippen LogP contribution >= 0.6 is 0 Å². The number of carbonyl (C=O) groups is 2. The Hall–Kier alpha value is -2.08. The van der Waals surface area contributed by atoms with Crippen molar-refractivity contribution in [2.24, 2.45) is 0 Å². The van der Waals surface area contributed by atoms with Crippen molar-refractivity contribution in [1.29, 1.82) is 0 Å². The van der Waals surface area contributed by atoms with Crippen molar-refractivity contribution in [2.75, 3.05) is 32.2 Å². The van der Waals surface area contributed by atoms with Crippen molar-refractivity contribution in [2.45, 2.75) is 19.4 Å². The first kappa shape index (κ1) is 17.0. The van der Waals surface area contributed by atoms with Gasteiger partial charge in [0.2, 0.25) is 0 Å². The maximum absolute atomic E-state index is 12.0. The monoisotopic (exact) mass is 295 g/mol. The molecule has 0 saturated carbocycles.